The molecule has 2 unspecified atom stereocenters. The Morgan fingerprint density at radius 1 is 1.45 bits per heavy atom. The Kier molecular flexibility index (Phi) is 4.52. The molecule has 20 heavy (non-hydrogen) atoms. The highest BCUT2D eigenvalue weighted by Gasteiger charge is 2.32. The minimum atomic E-state index is -0.900. The molecule has 0 aromatic heterocycles. The number of aromatic hydroxyl groups is 1. The van der Waals surface area contributed by atoms with Gasteiger partial charge in [-0.2, -0.15) is 0 Å². The SMILES string of the molecule is CC1CN(C(C(=O)O)c2ccc(O)c(Cl)c2)CCN1C. The molecule has 0 aliphatic carbocycles. The Hall–Kier alpha value is -1.30. The average Bonchev–Trinajstić information content (AvgIpc) is 2.38. The molecule has 0 saturated carbocycles. The van der Waals surface area contributed by atoms with Gasteiger partial charge in [0.25, 0.3) is 0 Å². The molecule has 0 bridgehead atoms. The van der Waals surface area contributed by atoms with Crippen LogP contribution in [0.1, 0.15) is 18.5 Å². The Morgan fingerprint density at radius 3 is 2.70 bits per heavy atom. The molecule has 5 nitrogen and oxygen atoms in total. The highest BCUT2D eigenvalue weighted by Crippen LogP contribution is 2.30. The van der Waals surface area contributed by atoms with Crippen molar-refractivity contribution < 1.29 is 15.0 Å². The maximum Gasteiger partial charge on any atom is 0.325 e. The number of carboxylic acid groups (broad SMARTS) is 1. The van der Waals surface area contributed by atoms with E-state index >= 15 is 0 Å². The van der Waals surface area contributed by atoms with Crippen molar-refractivity contribution in [2.45, 2.75) is 19.0 Å². The van der Waals surface area contributed by atoms with Gasteiger partial charge in [0.2, 0.25) is 0 Å². The Bertz CT molecular complexity index is 509. The second-order valence-corrected chi connectivity index (χ2v) is 5.68. The molecule has 1 aromatic carbocycles. The van der Waals surface area contributed by atoms with Crippen molar-refractivity contribution in [2.24, 2.45) is 0 Å². The largest absolute Gasteiger partial charge is 0.506 e. The molecule has 1 aliphatic heterocycles. The standard InChI is InChI=1S/C14H19ClN2O3/c1-9-8-17(6-5-16(9)2)13(14(19)20)10-3-4-12(18)11(15)7-10/h3-4,7,9,13,18H,5-6,8H2,1-2H3,(H,19,20). The van der Waals surface area contributed by atoms with Crippen molar-refractivity contribution in [2.75, 3.05) is 26.7 Å². The number of nitrogens with zero attached hydrogens (tertiary/aromatic N) is 2. The number of hydrogen-bond acceptors (Lipinski definition) is 4. The monoisotopic (exact) mass is 298 g/mol. The fourth-order valence-corrected chi connectivity index (χ4v) is 2.70. The van der Waals surface area contributed by atoms with E-state index in [1.165, 1.54) is 12.1 Å². The van der Waals surface area contributed by atoms with Gasteiger partial charge < -0.3 is 15.1 Å². The number of rotatable bonds is 3. The van der Waals surface area contributed by atoms with Crippen LogP contribution in [0.25, 0.3) is 0 Å². The Morgan fingerprint density at radius 2 is 2.15 bits per heavy atom. The van der Waals surface area contributed by atoms with Crippen molar-refractivity contribution in [3.63, 3.8) is 0 Å². The predicted octanol–water partition coefficient (Wildman–Crippen LogP) is 1.81. The molecule has 1 saturated heterocycles. The number of carboxylic acids is 1. The molecule has 2 N–H and O–H groups in total. The lowest BCUT2D eigenvalue weighted by atomic mass is 10.0. The smallest absolute Gasteiger partial charge is 0.325 e. The van der Waals surface area contributed by atoms with E-state index in [1.54, 1.807) is 6.07 Å². The summed E-state index contributed by atoms with van der Waals surface area (Å²) >= 11 is 5.88. The number of phenolic OH excluding ortho intramolecular Hbond substituents is 1. The lowest BCUT2D eigenvalue weighted by molar-refractivity contribution is -0.144. The van der Waals surface area contributed by atoms with Gasteiger partial charge in [0.1, 0.15) is 11.8 Å². The van der Waals surface area contributed by atoms with E-state index in [2.05, 4.69) is 11.8 Å². The summed E-state index contributed by atoms with van der Waals surface area (Å²) in [4.78, 5) is 15.8. The number of phenols is 1. The molecule has 110 valence electrons. The minimum Gasteiger partial charge on any atom is -0.506 e. The maximum atomic E-state index is 11.6. The highest BCUT2D eigenvalue weighted by molar-refractivity contribution is 6.32. The molecule has 0 amide bonds. The van der Waals surface area contributed by atoms with Crippen LogP contribution in [0.4, 0.5) is 0 Å². The van der Waals surface area contributed by atoms with Crippen LogP contribution < -0.4 is 0 Å². The first-order chi connectivity index (χ1) is 9.40. The Labute approximate surface area is 123 Å². The van der Waals surface area contributed by atoms with Gasteiger partial charge in [-0.1, -0.05) is 17.7 Å². The van der Waals surface area contributed by atoms with E-state index in [9.17, 15) is 15.0 Å². The van der Waals surface area contributed by atoms with Crippen LogP contribution >= 0.6 is 11.6 Å². The van der Waals surface area contributed by atoms with Crippen LogP contribution in [0.2, 0.25) is 5.02 Å². The second-order valence-electron chi connectivity index (χ2n) is 5.28. The lowest BCUT2D eigenvalue weighted by Gasteiger charge is -2.40. The van der Waals surface area contributed by atoms with Gasteiger partial charge in [-0.15, -0.1) is 0 Å². The van der Waals surface area contributed by atoms with E-state index in [0.717, 1.165) is 6.54 Å². The van der Waals surface area contributed by atoms with E-state index < -0.39 is 12.0 Å². The topological polar surface area (TPSA) is 64.0 Å². The third-order valence-corrected chi connectivity index (χ3v) is 4.18. The number of hydrogen-bond donors (Lipinski definition) is 2. The lowest BCUT2D eigenvalue weighted by Crippen LogP contribution is -2.52. The van der Waals surface area contributed by atoms with Gasteiger partial charge in [0, 0.05) is 25.7 Å². The number of piperazine rings is 1. The summed E-state index contributed by atoms with van der Waals surface area (Å²) in [5, 5.41) is 19.2. The van der Waals surface area contributed by atoms with Crippen LogP contribution in [0.5, 0.6) is 5.75 Å². The number of halogens is 1. The summed E-state index contributed by atoms with van der Waals surface area (Å²) in [6, 6.07) is 4.15. The van der Waals surface area contributed by atoms with E-state index in [0.29, 0.717) is 24.7 Å². The number of aliphatic carboxylic acids is 1. The predicted molar refractivity (Wildman–Crippen MR) is 77.2 cm³/mol. The third kappa shape index (κ3) is 3.06. The first-order valence-corrected chi connectivity index (χ1v) is 6.93. The Balaban J connectivity index is 2.27. The zero-order chi connectivity index (χ0) is 14.9. The van der Waals surface area contributed by atoms with Crippen LogP contribution in [0, 0.1) is 0 Å². The number of carbonyl (C=O) groups is 1. The molecule has 2 rings (SSSR count). The molecule has 0 spiro atoms. The average molecular weight is 299 g/mol. The van der Waals surface area contributed by atoms with Crippen molar-refractivity contribution in [3.05, 3.63) is 28.8 Å². The molecule has 1 fully saturated rings. The molecule has 1 heterocycles. The molecule has 1 aromatic rings. The molecular weight excluding hydrogens is 280 g/mol. The maximum absolute atomic E-state index is 11.6. The highest BCUT2D eigenvalue weighted by atomic mass is 35.5. The van der Waals surface area contributed by atoms with Gasteiger partial charge >= 0.3 is 5.97 Å². The number of likely N-dealkylation sites (N-methyl/N-ethyl adjacent to an activating group) is 1. The summed E-state index contributed by atoms with van der Waals surface area (Å²) < 4.78 is 0. The van der Waals surface area contributed by atoms with Gasteiger partial charge in [-0.05, 0) is 31.7 Å². The quantitative estimate of drug-likeness (QED) is 0.891. The fraction of sp³-hybridized carbons (Fsp3) is 0.500. The second kappa shape index (κ2) is 5.99. The molecular formula is C14H19ClN2O3. The zero-order valence-corrected chi connectivity index (χ0v) is 12.3. The van der Waals surface area contributed by atoms with Crippen LogP contribution in [-0.2, 0) is 4.79 Å². The summed E-state index contributed by atoms with van der Waals surface area (Å²) in [6.45, 7) is 4.29. The summed E-state index contributed by atoms with van der Waals surface area (Å²) in [5.41, 5.74) is 0.594. The van der Waals surface area contributed by atoms with Crippen molar-refractivity contribution in [1.82, 2.24) is 9.80 Å². The van der Waals surface area contributed by atoms with Crippen LogP contribution in [0.3, 0.4) is 0 Å². The van der Waals surface area contributed by atoms with Crippen molar-refractivity contribution in [1.29, 1.82) is 0 Å². The third-order valence-electron chi connectivity index (χ3n) is 3.88. The van der Waals surface area contributed by atoms with Gasteiger partial charge in [0.15, 0.2) is 0 Å². The molecule has 6 heteroatoms. The van der Waals surface area contributed by atoms with Crippen molar-refractivity contribution >= 4 is 17.6 Å². The van der Waals surface area contributed by atoms with Crippen LogP contribution in [-0.4, -0.2) is 58.7 Å². The summed E-state index contributed by atoms with van der Waals surface area (Å²) in [7, 11) is 2.04. The van der Waals surface area contributed by atoms with E-state index in [1.807, 2.05) is 11.9 Å². The van der Waals surface area contributed by atoms with Crippen molar-refractivity contribution in [3.8, 4) is 5.75 Å². The molecule has 1 aliphatic rings. The zero-order valence-electron chi connectivity index (χ0n) is 11.6. The normalized spacial score (nSPS) is 22.6. The van der Waals surface area contributed by atoms with Crippen LogP contribution in [0.15, 0.2) is 18.2 Å². The first-order valence-electron chi connectivity index (χ1n) is 6.55. The summed E-state index contributed by atoms with van der Waals surface area (Å²) in [5.74, 6) is -0.935. The summed E-state index contributed by atoms with van der Waals surface area (Å²) in [6.07, 6.45) is 0. The fourth-order valence-electron chi connectivity index (χ4n) is 2.51. The van der Waals surface area contributed by atoms with E-state index in [4.69, 9.17) is 11.6 Å². The number of benzene rings is 1. The van der Waals surface area contributed by atoms with Gasteiger partial charge in [0.05, 0.1) is 5.02 Å². The minimum absolute atomic E-state index is 0.0358. The molecule has 0 radical (unpaired) electrons. The first kappa shape index (κ1) is 15.1. The van der Waals surface area contributed by atoms with E-state index in [-0.39, 0.29) is 10.8 Å². The molecule has 2 atom stereocenters. The van der Waals surface area contributed by atoms with Gasteiger partial charge in [-0.25, -0.2) is 0 Å². The van der Waals surface area contributed by atoms with Gasteiger partial charge in [-0.3, -0.25) is 9.69 Å².